The molecule has 1 atom stereocenters. The predicted octanol–water partition coefficient (Wildman–Crippen LogP) is 2.86. The van der Waals surface area contributed by atoms with Crippen molar-refractivity contribution in [1.29, 1.82) is 0 Å². The van der Waals surface area contributed by atoms with Crippen LogP contribution in [0.25, 0.3) is 11.5 Å². The van der Waals surface area contributed by atoms with E-state index < -0.39 is 6.10 Å². The van der Waals surface area contributed by atoms with Crippen LogP contribution in [0, 0.1) is 6.92 Å². The second-order valence-corrected chi connectivity index (χ2v) is 4.51. The van der Waals surface area contributed by atoms with Crippen molar-refractivity contribution in [3.05, 3.63) is 34.1 Å². The molecule has 2 aromatic rings. The molecule has 0 aliphatic carbocycles. The molecule has 0 saturated heterocycles. The molecule has 0 fully saturated rings. The van der Waals surface area contributed by atoms with Crippen molar-refractivity contribution in [1.82, 2.24) is 10.1 Å². The van der Waals surface area contributed by atoms with E-state index in [4.69, 9.17) is 4.52 Å². The van der Waals surface area contributed by atoms with Crippen LogP contribution >= 0.6 is 15.9 Å². The number of rotatable bonds is 2. The SMILES string of the molecule is Cc1cc(Br)ccc1-c1nc(C(C)O)no1. The Hall–Kier alpha value is -1.20. The van der Waals surface area contributed by atoms with Crippen LogP contribution in [0.4, 0.5) is 0 Å². The minimum Gasteiger partial charge on any atom is -0.385 e. The molecule has 1 heterocycles. The number of hydrogen-bond acceptors (Lipinski definition) is 4. The summed E-state index contributed by atoms with van der Waals surface area (Å²) < 4.78 is 6.10. The Labute approximate surface area is 101 Å². The number of aliphatic hydroxyl groups is 1. The minimum atomic E-state index is -0.715. The van der Waals surface area contributed by atoms with Crippen LogP contribution in [-0.2, 0) is 0 Å². The topological polar surface area (TPSA) is 59.2 Å². The normalized spacial score (nSPS) is 12.8. The van der Waals surface area contributed by atoms with E-state index >= 15 is 0 Å². The van der Waals surface area contributed by atoms with Crippen molar-refractivity contribution in [3.8, 4) is 11.5 Å². The molecule has 0 spiro atoms. The Morgan fingerprint density at radius 1 is 1.44 bits per heavy atom. The van der Waals surface area contributed by atoms with Crippen LogP contribution in [0.3, 0.4) is 0 Å². The number of aliphatic hydroxyl groups excluding tert-OH is 1. The molecule has 1 aromatic heterocycles. The first-order valence-corrected chi connectivity index (χ1v) is 5.65. The molecular formula is C11H11BrN2O2. The Balaban J connectivity index is 2.42. The fourth-order valence-corrected chi connectivity index (χ4v) is 1.86. The highest BCUT2D eigenvalue weighted by molar-refractivity contribution is 9.10. The molecule has 84 valence electrons. The Kier molecular flexibility index (Phi) is 3.07. The van der Waals surface area contributed by atoms with Crippen LogP contribution in [-0.4, -0.2) is 15.2 Å². The number of hydrogen-bond donors (Lipinski definition) is 1. The van der Waals surface area contributed by atoms with Gasteiger partial charge in [-0.15, -0.1) is 0 Å². The number of halogens is 1. The van der Waals surface area contributed by atoms with Crippen molar-refractivity contribution in [2.75, 3.05) is 0 Å². The van der Waals surface area contributed by atoms with Crippen LogP contribution in [0.5, 0.6) is 0 Å². The third-order valence-electron chi connectivity index (χ3n) is 2.23. The first-order valence-electron chi connectivity index (χ1n) is 4.86. The van der Waals surface area contributed by atoms with E-state index in [1.165, 1.54) is 0 Å². The summed E-state index contributed by atoms with van der Waals surface area (Å²) in [7, 11) is 0. The van der Waals surface area contributed by atoms with Gasteiger partial charge in [-0.1, -0.05) is 21.1 Å². The van der Waals surface area contributed by atoms with Gasteiger partial charge in [0.15, 0.2) is 5.82 Å². The minimum absolute atomic E-state index is 0.303. The summed E-state index contributed by atoms with van der Waals surface area (Å²) >= 11 is 3.39. The Morgan fingerprint density at radius 3 is 2.75 bits per heavy atom. The van der Waals surface area contributed by atoms with Gasteiger partial charge in [0.1, 0.15) is 6.10 Å². The maximum Gasteiger partial charge on any atom is 0.258 e. The molecule has 0 saturated carbocycles. The first-order chi connectivity index (χ1) is 7.58. The largest absolute Gasteiger partial charge is 0.385 e. The van der Waals surface area contributed by atoms with Crippen LogP contribution in [0.1, 0.15) is 24.4 Å². The average Bonchev–Trinajstić information content (AvgIpc) is 2.66. The lowest BCUT2D eigenvalue weighted by molar-refractivity contribution is 0.184. The second kappa shape index (κ2) is 4.35. The molecule has 4 nitrogen and oxygen atoms in total. The summed E-state index contributed by atoms with van der Waals surface area (Å²) in [6.45, 7) is 3.56. The molecule has 0 radical (unpaired) electrons. The van der Waals surface area contributed by atoms with Gasteiger partial charge in [0.2, 0.25) is 0 Å². The van der Waals surface area contributed by atoms with E-state index in [0.717, 1.165) is 15.6 Å². The van der Waals surface area contributed by atoms with E-state index in [1.807, 2.05) is 25.1 Å². The smallest absolute Gasteiger partial charge is 0.258 e. The molecule has 0 bridgehead atoms. The highest BCUT2D eigenvalue weighted by Crippen LogP contribution is 2.25. The summed E-state index contributed by atoms with van der Waals surface area (Å²) in [6, 6.07) is 5.79. The zero-order valence-electron chi connectivity index (χ0n) is 8.94. The lowest BCUT2D eigenvalue weighted by Gasteiger charge is -2.00. The fraction of sp³-hybridized carbons (Fsp3) is 0.273. The third-order valence-corrected chi connectivity index (χ3v) is 2.73. The van der Waals surface area contributed by atoms with Gasteiger partial charge >= 0.3 is 0 Å². The second-order valence-electron chi connectivity index (χ2n) is 3.59. The van der Waals surface area contributed by atoms with Gasteiger partial charge in [-0.05, 0) is 37.6 Å². The molecule has 2 rings (SSSR count). The quantitative estimate of drug-likeness (QED) is 0.920. The summed E-state index contributed by atoms with van der Waals surface area (Å²) in [5.41, 5.74) is 1.91. The van der Waals surface area contributed by atoms with Crippen molar-refractivity contribution < 1.29 is 9.63 Å². The molecule has 1 aromatic carbocycles. The van der Waals surface area contributed by atoms with E-state index in [0.29, 0.717) is 11.7 Å². The highest BCUT2D eigenvalue weighted by atomic mass is 79.9. The number of nitrogens with zero attached hydrogens (tertiary/aromatic N) is 2. The lowest BCUT2D eigenvalue weighted by atomic mass is 10.1. The summed E-state index contributed by atoms with van der Waals surface area (Å²) in [6.07, 6.45) is -0.715. The van der Waals surface area contributed by atoms with Crippen LogP contribution in [0.2, 0.25) is 0 Å². The standard InChI is InChI=1S/C11H11BrN2O2/c1-6-5-8(12)3-4-9(6)11-13-10(7(2)15)14-16-11/h3-5,7,15H,1-2H3. The molecule has 1 N–H and O–H groups in total. The van der Waals surface area contributed by atoms with Gasteiger partial charge in [0.05, 0.1) is 0 Å². The van der Waals surface area contributed by atoms with Crippen LogP contribution < -0.4 is 0 Å². The number of aromatic nitrogens is 2. The Morgan fingerprint density at radius 2 is 2.19 bits per heavy atom. The monoisotopic (exact) mass is 282 g/mol. The zero-order chi connectivity index (χ0) is 11.7. The van der Waals surface area contributed by atoms with Gasteiger partial charge < -0.3 is 9.63 Å². The van der Waals surface area contributed by atoms with Gasteiger partial charge in [-0.25, -0.2) is 0 Å². The number of aryl methyl sites for hydroxylation is 1. The molecule has 16 heavy (non-hydrogen) atoms. The van der Waals surface area contributed by atoms with Crippen molar-refractivity contribution in [2.24, 2.45) is 0 Å². The average molecular weight is 283 g/mol. The van der Waals surface area contributed by atoms with E-state index in [-0.39, 0.29) is 0 Å². The summed E-state index contributed by atoms with van der Waals surface area (Å²) in [5.74, 6) is 0.734. The Bertz CT molecular complexity index is 508. The third kappa shape index (κ3) is 2.15. The van der Waals surface area contributed by atoms with Crippen molar-refractivity contribution in [2.45, 2.75) is 20.0 Å². The van der Waals surface area contributed by atoms with Gasteiger partial charge in [0.25, 0.3) is 5.89 Å². The summed E-state index contributed by atoms with van der Waals surface area (Å²) in [4.78, 5) is 4.13. The van der Waals surface area contributed by atoms with E-state index in [1.54, 1.807) is 6.92 Å². The molecule has 5 heteroatoms. The maximum absolute atomic E-state index is 9.30. The van der Waals surface area contributed by atoms with Crippen LogP contribution in [0.15, 0.2) is 27.2 Å². The van der Waals surface area contributed by atoms with Gasteiger partial charge in [0, 0.05) is 10.0 Å². The highest BCUT2D eigenvalue weighted by Gasteiger charge is 2.13. The zero-order valence-corrected chi connectivity index (χ0v) is 10.5. The predicted molar refractivity (Wildman–Crippen MR) is 62.8 cm³/mol. The maximum atomic E-state index is 9.30. The van der Waals surface area contributed by atoms with Crippen molar-refractivity contribution in [3.63, 3.8) is 0 Å². The first kappa shape index (κ1) is 11.3. The molecule has 1 unspecified atom stereocenters. The van der Waals surface area contributed by atoms with E-state index in [2.05, 4.69) is 26.1 Å². The number of benzene rings is 1. The molecule has 0 aliphatic heterocycles. The summed E-state index contributed by atoms with van der Waals surface area (Å²) in [5, 5.41) is 13.0. The molecular weight excluding hydrogens is 272 g/mol. The van der Waals surface area contributed by atoms with Gasteiger partial charge in [-0.2, -0.15) is 4.98 Å². The van der Waals surface area contributed by atoms with Crippen molar-refractivity contribution >= 4 is 15.9 Å². The van der Waals surface area contributed by atoms with Gasteiger partial charge in [-0.3, -0.25) is 0 Å². The molecule has 0 amide bonds. The lowest BCUT2D eigenvalue weighted by Crippen LogP contribution is -1.93. The molecule has 0 aliphatic rings. The van der Waals surface area contributed by atoms with E-state index in [9.17, 15) is 5.11 Å². The fourth-order valence-electron chi connectivity index (χ4n) is 1.38.